The summed E-state index contributed by atoms with van der Waals surface area (Å²) in [7, 11) is -3.16. The van der Waals surface area contributed by atoms with Crippen LogP contribution in [0.2, 0.25) is 0 Å². The van der Waals surface area contributed by atoms with E-state index in [0.29, 0.717) is 4.90 Å². The van der Waals surface area contributed by atoms with Gasteiger partial charge in [-0.2, -0.15) is 5.10 Å². The first kappa shape index (κ1) is 10.6. The number of aromatic nitrogens is 2. The molecule has 0 spiro atoms. The average Bonchev–Trinajstić information content (AvgIpc) is 2.67. The summed E-state index contributed by atoms with van der Waals surface area (Å²) in [6.45, 7) is 1.84. The highest BCUT2D eigenvalue weighted by molar-refractivity contribution is 7.90. The highest BCUT2D eigenvalue weighted by Gasteiger charge is 2.24. The highest BCUT2D eigenvalue weighted by Crippen LogP contribution is 2.26. The van der Waals surface area contributed by atoms with Gasteiger partial charge in [0.1, 0.15) is 4.90 Å². The van der Waals surface area contributed by atoms with Crippen LogP contribution in [0.1, 0.15) is 24.5 Å². The summed E-state index contributed by atoms with van der Waals surface area (Å²) in [4.78, 5) is 0.344. The van der Waals surface area contributed by atoms with Crippen LogP contribution >= 0.6 is 0 Å². The van der Waals surface area contributed by atoms with E-state index in [-0.39, 0.29) is 5.92 Å². The summed E-state index contributed by atoms with van der Waals surface area (Å²) < 4.78 is 23.0. The molecule has 1 fully saturated rings. The smallest absolute Gasteiger partial charge is 0.178 e. The van der Waals surface area contributed by atoms with Crippen molar-refractivity contribution in [3.8, 4) is 0 Å². The Bertz CT molecular complexity index is 432. The molecule has 1 aromatic heterocycles. The van der Waals surface area contributed by atoms with E-state index in [1.54, 1.807) is 0 Å². The van der Waals surface area contributed by atoms with Gasteiger partial charge in [0.2, 0.25) is 0 Å². The molecule has 2 heterocycles. The lowest BCUT2D eigenvalue weighted by molar-refractivity contribution is 0.449. The van der Waals surface area contributed by atoms with Gasteiger partial charge in [0, 0.05) is 18.7 Å². The number of nitrogens with one attached hydrogen (secondary N) is 2. The molecule has 2 N–H and O–H groups in total. The van der Waals surface area contributed by atoms with Crippen molar-refractivity contribution < 1.29 is 8.42 Å². The van der Waals surface area contributed by atoms with Crippen LogP contribution in [0, 0.1) is 0 Å². The molecule has 0 amide bonds. The number of aromatic amines is 1. The van der Waals surface area contributed by atoms with Gasteiger partial charge in [-0.25, -0.2) is 8.42 Å². The highest BCUT2D eigenvalue weighted by atomic mass is 32.2. The molecule has 0 radical (unpaired) electrons. The van der Waals surface area contributed by atoms with Gasteiger partial charge in [-0.05, 0) is 19.4 Å². The van der Waals surface area contributed by atoms with Crippen LogP contribution in [0.3, 0.4) is 0 Å². The van der Waals surface area contributed by atoms with Crippen molar-refractivity contribution in [1.29, 1.82) is 0 Å². The lowest BCUT2D eigenvalue weighted by atomic mass is 9.96. The van der Waals surface area contributed by atoms with Crippen LogP contribution in [0.25, 0.3) is 0 Å². The Morgan fingerprint density at radius 2 is 2.33 bits per heavy atom. The Morgan fingerprint density at radius 3 is 2.93 bits per heavy atom. The molecule has 1 aliphatic heterocycles. The lowest BCUT2D eigenvalue weighted by Gasteiger charge is -2.22. The van der Waals surface area contributed by atoms with Gasteiger partial charge in [-0.1, -0.05) is 0 Å². The quantitative estimate of drug-likeness (QED) is 0.764. The van der Waals surface area contributed by atoms with Gasteiger partial charge in [0.05, 0.1) is 11.9 Å². The second-order valence-electron chi connectivity index (χ2n) is 3.96. The van der Waals surface area contributed by atoms with Crippen LogP contribution < -0.4 is 5.32 Å². The van der Waals surface area contributed by atoms with Crippen molar-refractivity contribution in [2.45, 2.75) is 23.7 Å². The zero-order valence-electron chi connectivity index (χ0n) is 8.66. The topological polar surface area (TPSA) is 74.8 Å². The molecule has 1 atom stereocenters. The number of piperidine rings is 1. The summed E-state index contributed by atoms with van der Waals surface area (Å²) in [6.07, 6.45) is 4.71. The molecular weight excluding hydrogens is 214 g/mol. The van der Waals surface area contributed by atoms with Gasteiger partial charge in [0.25, 0.3) is 0 Å². The number of H-pyrrole nitrogens is 1. The second kappa shape index (κ2) is 3.94. The molecule has 84 valence electrons. The fourth-order valence-corrected chi connectivity index (χ4v) is 2.83. The van der Waals surface area contributed by atoms with E-state index >= 15 is 0 Å². The maximum Gasteiger partial charge on any atom is 0.178 e. The minimum atomic E-state index is -3.16. The number of sulfone groups is 1. The van der Waals surface area contributed by atoms with Crippen LogP contribution in [-0.4, -0.2) is 38.0 Å². The second-order valence-corrected chi connectivity index (χ2v) is 5.95. The molecule has 0 bridgehead atoms. The molecule has 6 heteroatoms. The Balaban J connectivity index is 2.32. The van der Waals surface area contributed by atoms with Crippen molar-refractivity contribution >= 4 is 9.84 Å². The SMILES string of the molecule is CS(=O)(=O)c1cn[nH]c1[C@H]1CCCNC1. The zero-order chi connectivity index (χ0) is 10.9. The van der Waals surface area contributed by atoms with E-state index in [2.05, 4.69) is 15.5 Å². The van der Waals surface area contributed by atoms with Crippen molar-refractivity contribution in [3.63, 3.8) is 0 Å². The molecule has 15 heavy (non-hydrogen) atoms. The maximum atomic E-state index is 11.5. The Labute approximate surface area is 89.2 Å². The lowest BCUT2D eigenvalue weighted by Crippen LogP contribution is -2.29. The first-order chi connectivity index (χ1) is 7.09. The Morgan fingerprint density at radius 1 is 1.53 bits per heavy atom. The van der Waals surface area contributed by atoms with E-state index in [1.807, 2.05) is 0 Å². The zero-order valence-corrected chi connectivity index (χ0v) is 9.47. The average molecular weight is 229 g/mol. The molecule has 2 rings (SSSR count). The number of rotatable bonds is 2. The largest absolute Gasteiger partial charge is 0.316 e. The summed E-state index contributed by atoms with van der Waals surface area (Å²) in [5, 5.41) is 9.90. The van der Waals surface area contributed by atoms with E-state index in [4.69, 9.17) is 0 Å². The van der Waals surface area contributed by atoms with Crippen molar-refractivity contribution in [2.24, 2.45) is 0 Å². The van der Waals surface area contributed by atoms with Crippen LogP contribution in [0.15, 0.2) is 11.1 Å². The molecule has 0 saturated carbocycles. The van der Waals surface area contributed by atoms with Crippen molar-refractivity contribution in [1.82, 2.24) is 15.5 Å². The number of hydrogen-bond acceptors (Lipinski definition) is 4. The van der Waals surface area contributed by atoms with Gasteiger partial charge in [-0.3, -0.25) is 5.10 Å². The first-order valence-electron chi connectivity index (χ1n) is 5.03. The fraction of sp³-hybridized carbons (Fsp3) is 0.667. The van der Waals surface area contributed by atoms with Crippen LogP contribution in [-0.2, 0) is 9.84 Å². The standard InChI is InChI=1S/C9H15N3O2S/c1-15(13,14)8-6-11-12-9(8)7-3-2-4-10-5-7/h6-7,10H,2-5H2,1H3,(H,11,12)/t7-/m0/s1. The minimum Gasteiger partial charge on any atom is -0.316 e. The summed E-state index contributed by atoms with van der Waals surface area (Å²) in [5.74, 6) is 0.242. The molecule has 1 aliphatic rings. The molecule has 5 nitrogen and oxygen atoms in total. The predicted molar refractivity (Wildman–Crippen MR) is 56.5 cm³/mol. The minimum absolute atomic E-state index is 0.242. The van der Waals surface area contributed by atoms with E-state index in [1.165, 1.54) is 12.5 Å². The number of nitrogens with zero attached hydrogens (tertiary/aromatic N) is 1. The van der Waals surface area contributed by atoms with Gasteiger partial charge in [0.15, 0.2) is 9.84 Å². The summed E-state index contributed by atoms with van der Waals surface area (Å²) in [6, 6.07) is 0. The Kier molecular flexibility index (Phi) is 2.79. The number of hydrogen-bond donors (Lipinski definition) is 2. The summed E-state index contributed by atoms with van der Waals surface area (Å²) >= 11 is 0. The fourth-order valence-electron chi connectivity index (χ4n) is 1.97. The Hall–Kier alpha value is -0.880. The molecule has 1 saturated heterocycles. The van der Waals surface area contributed by atoms with Crippen molar-refractivity contribution in [3.05, 3.63) is 11.9 Å². The normalized spacial score (nSPS) is 22.9. The third-order valence-corrected chi connectivity index (χ3v) is 3.86. The monoisotopic (exact) mass is 229 g/mol. The molecule has 0 aliphatic carbocycles. The van der Waals surface area contributed by atoms with Gasteiger partial charge in [-0.15, -0.1) is 0 Å². The third-order valence-electron chi connectivity index (χ3n) is 2.74. The van der Waals surface area contributed by atoms with Crippen LogP contribution in [0.5, 0.6) is 0 Å². The first-order valence-corrected chi connectivity index (χ1v) is 6.92. The predicted octanol–water partition coefficient (Wildman–Crippen LogP) is 0.280. The van der Waals surface area contributed by atoms with E-state index in [9.17, 15) is 8.42 Å². The van der Waals surface area contributed by atoms with Gasteiger partial charge >= 0.3 is 0 Å². The molecule has 0 aromatic carbocycles. The van der Waals surface area contributed by atoms with Crippen molar-refractivity contribution in [2.75, 3.05) is 19.3 Å². The van der Waals surface area contributed by atoms with E-state index < -0.39 is 9.84 Å². The van der Waals surface area contributed by atoms with Gasteiger partial charge < -0.3 is 5.32 Å². The third kappa shape index (κ3) is 2.21. The molecule has 1 aromatic rings. The summed E-state index contributed by atoms with van der Waals surface area (Å²) in [5.41, 5.74) is 0.754. The molecule has 0 unspecified atom stereocenters. The maximum absolute atomic E-state index is 11.5. The molecular formula is C9H15N3O2S. The van der Waals surface area contributed by atoms with Crippen LogP contribution in [0.4, 0.5) is 0 Å². The van der Waals surface area contributed by atoms with E-state index in [0.717, 1.165) is 31.6 Å².